The van der Waals surface area contributed by atoms with E-state index in [0.717, 1.165) is 18.0 Å². The fourth-order valence-corrected chi connectivity index (χ4v) is 2.76. The van der Waals surface area contributed by atoms with Crippen LogP contribution in [-0.2, 0) is 17.6 Å². The van der Waals surface area contributed by atoms with Gasteiger partial charge in [0.25, 0.3) is 0 Å². The highest BCUT2D eigenvalue weighted by molar-refractivity contribution is 7.15. The van der Waals surface area contributed by atoms with Crippen LogP contribution in [-0.4, -0.2) is 24.0 Å². The minimum Gasteiger partial charge on any atom is -0.305 e. The van der Waals surface area contributed by atoms with Crippen molar-refractivity contribution in [2.45, 2.75) is 19.3 Å². The van der Waals surface area contributed by atoms with Gasteiger partial charge in [-0.05, 0) is 19.3 Å². The molecule has 16 heavy (non-hydrogen) atoms. The first kappa shape index (κ1) is 11.3. The molecule has 0 unspecified atom stereocenters. The van der Waals surface area contributed by atoms with Gasteiger partial charge in [0.15, 0.2) is 5.13 Å². The van der Waals surface area contributed by atoms with E-state index >= 15 is 0 Å². The molecule has 0 aromatic carbocycles. The van der Waals surface area contributed by atoms with E-state index in [2.05, 4.69) is 22.2 Å². The SMILES string of the molecule is C=CCNCC(=O)Nc1nc2c(s1)CCC2. The summed E-state index contributed by atoms with van der Waals surface area (Å²) in [6, 6.07) is 0. The quantitative estimate of drug-likeness (QED) is 0.600. The third-order valence-corrected chi connectivity index (χ3v) is 3.49. The third-order valence-electron chi connectivity index (χ3n) is 2.42. The van der Waals surface area contributed by atoms with E-state index in [1.54, 1.807) is 17.4 Å². The third kappa shape index (κ3) is 2.68. The van der Waals surface area contributed by atoms with Crippen molar-refractivity contribution < 1.29 is 4.79 Å². The molecule has 4 nitrogen and oxygen atoms in total. The summed E-state index contributed by atoms with van der Waals surface area (Å²) in [5, 5.41) is 6.48. The van der Waals surface area contributed by atoms with Crippen LogP contribution in [0.15, 0.2) is 12.7 Å². The van der Waals surface area contributed by atoms with Crippen LogP contribution in [0, 0.1) is 0 Å². The van der Waals surface area contributed by atoms with E-state index in [1.807, 2.05) is 0 Å². The Kier molecular flexibility index (Phi) is 3.69. The van der Waals surface area contributed by atoms with Crippen LogP contribution in [0.25, 0.3) is 0 Å². The zero-order valence-electron chi connectivity index (χ0n) is 9.08. The van der Waals surface area contributed by atoms with Crippen molar-refractivity contribution in [3.8, 4) is 0 Å². The molecule has 0 spiro atoms. The Morgan fingerprint density at radius 2 is 2.44 bits per heavy atom. The summed E-state index contributed by atoms with van der Waals surface area (Å²) < 4.78 is 0. The predicted molar refractivity (Wildman–Crippen MR) is 65.8 cm³/mol. The average molecular weight is 237 g/mol. The van der Waals surface area contributed by atoms with E-state index in [1.165, 1.54) is 17.0 Å². The molecule has 0 saturated heterocycles. The van der Waals surface area contributed by atoms with Gasteiger partial charge in [0.1, 0.15) is 0 Å². The number of aromatic nitrogens is 1. The first-order valence-corrected chi connectivity index (χ1v) is 6.21. The fourth-order valence-electron chi connectivity index (χ4n) is 1.70. The smallest absolute Gasteiger partial charge is 0.240 e. The fraction of sp³-hybridized carbons (Fsp3) is 0.455. The lowest BCUT2D eigenvalue weighted by atomic mass is 10.4. The van der Waals surface area contributed by atoms with Crippen LogP contribution in [0.4, 0.5) is 5.13 Å². The van der Waals surface area contributed by atoms with Gasteiger partial charge in [-0.1, -0.05) is 6.08 Å². The molecule has 0 aliphatic heterocycles. The Morgan fingerprint density at radius 1 is 1.56 bits per heavy atom. The highest BCUT2D eigenvalue weighted by Crippen LogP contribution is 2.30. The van der Waals surface area contributed by atoms with Gasteiger partial charge in [-0.25, -0.2) is 4.98 Å². The minimum absolute atomic E-state index is 0.0470. The van der Waals surface area contributed by atoms with E-state index in [0.29, 0.717) is 13.1 Å². The number of carbonyl (C=O) groups is 1. The summed E-state index contributed by atoms with van der Waals surface area (Å²) in [4.78, 5) is 17.2. The molecular formula is C11H15N3OS. The van der Waals surface area contributed by atoms with Gasteiger partial charge in [-0.3, -0.25) is 4.79 Å². The Labute approximate surface area is 98.8 Å². The van der Waals surface area contributed by atoms with E-state index in [4.69, 9.17) is 0 Å². The van der Waals surface area contributed by atoms with Crippen molar-refractivity contribution in [3.63, 3.8) is 0 Å². The number of fused-ring (bicyclic) bond motifs is 1. The van der Waals surface area contributed by atoms with Crippen LogP contribution in [0.3, 0.4) is 0 Å². The number of nitrogens with one attached hydrogen (secondary N) is 2. The van der Waals surface area contributed by atoms with Gasteiger partial charge >= 0.3 is 0 Å². The Bertz CT molecular complexity index is 378. The van der Waals surface area contributed by atoms with Crippen LogP contribution in [0.1, 0.15) is 17.0 Å². The molecule has 86 valence electrons. The van der Waals surface area contributed by atoms with Gasteiger partial charge in [-0.15, -0.1) is 17.9 Å². The molecule has 0 bridgehead atoms. The molecule has 2 N–H and O–H groups in total. The highest BCUT2D eigenvalue weighted by Gasteiger charge is 2.17. The summed E-state index contributed by atoms with van der Waals surface area (Å²) in [6.45, 7) is 4.51. The number of aryl methyl sites for hydroxylation is 2. The maximum absolute atomic E-state index is 11.5. The van der Waals surface area contributed by atoms with Crippen molar-refractivity contribution >= 4 is 22.4 Å². The molecule has 0 atom stereocenters. The second-order valence-electron chi connectivity index (χ2n) is 3.71. The van der Waals surface area contributed by atoms with Crippen LogP contribution in [0.5, 0.6) is 0 Å². The number of anilines is 1. The topological polar surface area (TPSA) is 54.0 Å². The molecule has 0 fully saturated rings. The zero-order chi connectivity index (χ0) is 11.4. The van der Waals surface area contributed by atoms with E-state index < -0.39 is 0 Å². The Balaban J connectivity index is 1.84. The summed E-state index contributed by atoms with van der Waals surface area (Å²) in [5.41, 5.74) is 1.17. The summed E-state index contributed by atoms with van der Waals surface area (Å²) in [5.74, 6) is -0.0470. The number of nitrogens with zero attached hydrogens (tertiary/aromatic N) is 1. The van der Waals surface area contributed by atoms with Crippen LogP contribution >= 0.6 is 11.3 Å². The van der Waals surface area contributed by atoms with Crippen LogP contribution in [0.2, 0.25) is 0 Å². The normalized spacial score (nSPS) is 13.5. The van der Waals surface area contributed by atoms with Crippen LogP contribution < -0.4 is 10.6 Å². The maximum Gasteiger partial charge on any atom is 0.240 e. The number of amides is 1. The van der Waals surface area contributed by atoms with E-state index in [9.17, 15) is 4.79 Å². The molecule has 5 heteroatoms. The van der Waals surface area contributed by atoms with Gasteiger partial charge in [-0.2, -0.15) is 0 Å². The standard InChI is InChI=1S/C11H15N3OS/c1-2-6-12-7-10(15)14-11-13-8-4-3-5-9(8)16-11/h2,12H,1,3-7H2,(H,13,14,15). The summed E-state index contributed by atoms with van der Waals surface area (Å²) in [6.07, 6.45) is 5.09. The first-order chi connectivity index (χ1) is 7.79. The predicted octanol–water partition coefficient (Wildman–Crippen LogP) is 1.35. The number of rotatable bonds is 5. The molecule has 1 aliphatic rings. The molecule has 0 radical (unpaired) electrons. The molecule has 1 heterocycles. The van der Waals surface area contributed by atoms with Gasteiger partial charge in [0.2, 0.25) is 5.91 Å². The van der Waals surface area contributed by atoms with Crippen molar-refractivity contribution in [2.24, 2.45) is 0 Å². The van der Waals surface area contributed by atoms with Crippen molar-refractivity contribution in [3.05, 3.63) is 23.2 Å². The lowest BCUT2D eigenvalue weighted by Gasteiger charge is -2.01. The molecule has 2 rings (SSSR count). The summed E-state index contributed by atoms with van der Waals surface area (Å²) in [7, 11) is 0. The maximum atomic E-state index is 11.5. The molecule has 1 aromatic heterocycles. The Morgan fingerprint density at radius 3 is 3.19 bits per heavy atom. The second-order valence-corrected chi connectivity index (χ2v) is 4.79. The number of thiazole rings is 1. The number of hydrogen-bond acceptors (Lipinski definition) is 4. The minimum atomic E-state index is -0.0470. The molecule has 0 saturated carbocycles. The van der Waals surface area contributed by atoms with Gasteiger partial charge < -0.3 is 10.6 Å². The number of carbonyl (C=O) groups excluding carboxylic acids is 1. The summed E-state index contributed by atoms with van der Waals surface area (Å²) >= 11 is 1.60. The largest absolute Gasteiger partial charge is 0.305 e. The first-order valence-electron chi connectivity index (χ1n) is 5.39. The number of hydrogen-bond donors (Lipinski definition) is 2. The molecule has 1 aliphatic carbocycles. The molecular weight excluding hydrogens is 222 g/mol. The van der Waals surface area contributed by atoms with E-state index in [-0.39, 0.29) is 5.91 Å². The second kappa shape index (κ2) is 5.23. The zero-order valence-corrected chi connectivity index (χ0v) is 9.90. The average Bonchev–Trinajstić information content (AvgIpc) is 2.78. The Hall–Kier alpha value is -1.20. The van der Waals surface area contributed by atoms with Gasteiger partial charge in [0, 0.05) is 11.4 Å². The van der Waals surface area contributed by atoms with Crippen molar-refractivity contribution in [1.82, 2.24) is 10.3 Å². The molecule has 1 amide bonds. The van der Waals surface area contributed by atoms with Crippen molar-refractivity contribution in [2.75, 3.05) is 18.4 Å². The van der Waals surface area contributed by atoms with Gasteiger partial charge in [0.05, 0.1) is 12.2 Å². The lowest BCUT2D eigenvalue weighted by Crippen LogP contribution is -2.28. The lowest BCUT2D eigenvalue weighted by molar-refractivity contribution is -0.115. The van der Waals surface area contributed by atoms with Crippen molar-refractivity contribution in [1.29, 1.82) is 0 Å². The molecule has 1 aromatic rings. The monoisotopic (exact) mass is 237 g/mol. The highest BCUT2D eigenvalue weighted by atomic mass is 32.1.